The molecule has 3 aromatic rings. The van der Waals surface area contributed by atoms with Gasteiger partial charge in [-0.05, 0) is 47.7 Å². The molecular formula is C22H20N2O4S. The van der Waals surface area contributed by atoms with Gasteiger partial charge in [-0.3, -0.25) is 4.79 Å². The van der Waals surface area contributed by atoms with E-state index in [2.05, 4.69) is 21.7 Å². The summed E-state index contributed by atoms with van der Waals surface area (Å²) in [5, 5.41) is 4.81. The third-order valence-electron chi connectivity index (χ3n) is 4.51. The zero-order chi connectivity index (χ0) is 20.2. The number of hydrogen-bond donors (Lipinski definition) is 1. The Kier molecular flexibility index (Phi) is 5.57. The molecule has 0 bridgehead atoms. The normalized spacial score (nSPS) is 12.2. The van der Waals surface area contributed by atoms with E-state index in [1.54, 1.807) is 35.6 Å². The Morgan fingerprint density at radius 3 is 2.93 bits per heavy atom. The Labute approximate surface area is 172 Å². The van der Waals surface area contributed by atoms with Crippen LogP contribution >= 0.6 is 11.3 Å². The van der Waals surface area contributed by atoms with E-state index in [4.69, 9.17) is 9.47 Å². The van der Waals surface area contributed by atoms with E-state index >= 15 is 0 Å². The van der Waals surface area contributed by atoms with Gasteiger partial charge in [0, 0.05) is 29.5 Å². The van der Waals surface area contributed by atoms with Crippen molar-refractivity contribution in [2.45, 2.75) is 19.8 Å². The molecule has 0 unspecified atom stereocenters. The zero-order valence-corrected chi connectivity index (χ0v) is 16.8. The minimum atomic E-state index is -0.625. The number of nitrogens with zero attached hydrogens (tertiary/aromatic N) is 1. The van der Waals surface area contributed by atoms with Crippen molar-refractivity contribution in [3.63, 3.8) is 0 Å². The van der Waals surface area contributed by atoms with Gasteiger partial charge in [0.1, 0.15) is 22.9 Å². The van der Waals surface area contributed by atoms with Gasteiger partial charge >= 0.3 is 5.97 Å². The first-order chi connectivity index (χ1) is 14.2. The predicted octanol–water partition coefficient (Wildman–Crippen LogP) is 4.10. The third kappa shape index (κ3) is 4.14. The molecule has 7 heteroatoms. The summed E-state index contributed by atoms with van der Waals surface area (Å²) in [4.78, 5) is 29.9. The van der Waals surface area contributed by atoms with Crippen LogP contribution in [0.3, 0.4) is 0 Å². The van der Waals surface area contributed by atoms with Crippen molar-refractivity contribution in [2.24, 2.45) is 0 Å². The molecule has 0 saturated carbocycles. The summed E-state index contributed by atoms with van der Waals surface area (Å²) in [7, 11) is 0. The second-order valence-corrected chi connectivity index (χ2v) is 7.50. The van der Waals surface area contributed by atoms with Gasteiger partial charge in [0.25, 0.3) is 5.91 Å². The molecule has 0 spiro atoms. The van der Waals surface area contributed by atoms with Crippen LogP contribution in [0.5, 0.6) is 11.5 Å². The highest BCUT2D eigenvalue weighted by Gasteiger charge is 2.19. The Hall–Kier alpha value is -3.19. The molecule has 1 aliphatic heterocycles. The van der Waals surface area contributed by atoms with E-state index in [0.29, 0.717) is 24.7 Å². The fourth-order valence-corrected chi connectivity index (χ4v) is 4.06. The van der Waals surface area contributed by atoms with Crippen molar-refractivity contribution in [1.29, 1.82) is 0 Å². The van der Waals surface area contributed by atoms with Crippen LogP contribution in [0.4, 0.5) is 0 Å². The maximum absolute atomic E-state index is 12.5. The molecule has 3 heterocycles. The summed E-state index contributed by atoms with van der Waals surface area (Å²) in [6.07, 6.45) is 1.67. The summed E-state index contributed by atoms with van der Waals surface area (Å²) in [6, 6.07) is 12.2. The summed E-state index contributed by atoms with van der Waals surface area (Å²) < 4.78 is 11.3. The van der Waals surface area contributed by atoms with Crippen LogP contribution in [0, 0.1) is 0 Å². The van der Waals surface area contributed by atoms with Crippen LogP contribution in [0.2, 0.25) is 0 Å². The molecule has 2 aromatic heterocycles. The zero-order valence-electron chi connectivity index (χ0n) is 15.9. The van der Waals surface area contributed by atoms with E-state index in [0.717, 1.165) is 18.4 Å². The molecule has 0 radical (unpaired) electrons. The van der Waals surface area contributed by atoms with E-state index < -0.39 is 5.97 Å². The molecular weight excluding hydrogens is 388 g/mol. The Balaban J connectivity index is 1.53. The number of rotatable bonds is 5. The Morgan fingerprint density at radius 1 is 1.21 bits per heavy atom. The lowest BCUT2D eigenvalue weighted by Gasteiger charge is -2.10. The van der Waals surface area contributed by atoms with Gasteiger partial charge in [0.15, 0.2) is 0 Å². The smallest absolute Gasteiger partial charge is 0.362 e. The van der Waals surface area contributed by atoms with Crippen LogP contribution in [0.1, 0.15) is 39.9 Å². The van der Waals surface area contributed by atoms with Crippen LogP contribution in [0.15, 0.2) is 47.8 Å². The van der Waals surface area contributed by atoms with Gasteiger partial charge in [-0.2, -0.15) is 0 Å². The number of nitrogens with one attached hydrogen (secondary N) is 1. The number of benzene rings is 1. The minimum Gasteiger partial charge on any atom is -0.492 e. The first-order valence-electron chi connectivity index (χ1n) is 9.46. The van der Waals surface area contributed by atoms with Crippen molar-refractivity contribution in [2.75, 3.05) is 13.2 Å². The summed E-state index contributed by atoms with van der Waals surface area (Å²) in [5.41, 5.74) is 2.52. The molecule has 148 valence electrons. The fraction of sp³-hybridized carbons (Fsp3) is 0.227. The number of amides is 1. The number of carbonyl (C=O) groups is 2. The van der Waals surface area contributed by atoms with E-state index in [9.17, 15) is 9.59 Å². The van der Waals surface area contributed by atoms with Gasteiger partial charge in [0.05, 0.1) is 6.61 Å². The molecule has 0 aliphatic carbocycles. The topological polar surface area (TPSA) is 77.5 Å². The molecule has 0 saturated heterocycles. The van der Waals surface area contributed by atoms with Gasteiger partial charge in [0.2, 0.25) is 0 Å². The number of thiophene rings is 1. The highest BCUT2D eigenvalue weighted by molar-refractivity contribution is 7.13. The molecule has 0 atom stereocenters. The number of carbonyl (C=O) groups excluding carboxylic acids is 2. The molecule has 4 rings (SSSR count). The quantitative estimate of drug-likeness (QED) is 0.508. The monoisotopic (exact) mass is 408 g/mol. The second-order valence-electron chi connectivity index (χ2n) is 6.58. The standard InChI is InChI=1S/C22H20N2O4S/c1-2-10-23-21(25)17-4-3-5-18(24-17)22(26)28-15-6-7-16-19(13-15)27-11-8-14-9-12-29-20(14)16/h3-7,9,12-13H,2,8,10-11H2,1H3,(H,23,25). The van der Waals surface area contributed by atoms with Crippen LogP contribution < -0.4 is 14.8 Å². The highest BCUT2D eigenvalue weighted by atomic mass is 32.1. The van der Waals surface area contributed by atoms with Gasteiger partial charge in [-0.1, -0.05) is 13.0 Å². The second kappa shape index (κ2) is 8.45. The molecule has 1 amide bonds. The van der Waals surface area contributed by atoms with Crippen LogP contribution in [-0.2, 0) is 6.42 Å². The summed E-state index contributed by atoms with van der Waals surface area (Å²) in [6.45, 7) is 3.09. The first-order valence-corrected chi connectivity index (χ1v) is 10.3. The van der Waals surface area contributed by atoms with Crippen molar-refractivity contribution in [1.82, 2.24) is 10.3 Å². The van der Waals surface area contributed by atoms with E-state index in [1.165, 1.54) is 16.5 Å². The number of esters is 1. The Bertz CT molecular complexity index is 1060. The summed E-state index contributed by atoms with van der Waals surface area (Å²) >= 11 is 1.67. The van der Waals surface area contributed by atoms with Gasteiger partial charge in [-0.15, -0.1) is 11.3 Å². The van der Waals surface area contributed by atoms with E-state index in [1.807, 2.05) is 13.0 Å². The van der Waals surface area contributed by atoms with Crippen molar-refractivity contribution >= 4 is 23.2 Å². The van der Waals surface area contributed by atoms with Crippen molar-refractivity contribution < 1.29 is 19.1 Å². The SMILES string of the molecule is CCCNC(=O)c1cccc(C(=O)Oc2ccc3c(c2)OCCc2ccsc2-3)n1. The average Bonchev–Trinajstić information content (AvgIpc) is 3.13. The molecule has 1 aromatic carbocycles. The molecule has 29 heavy (non-hydrogen) atoms. The largest absolute Gasteiger partial charge is 0.492 e. The minimum absolute atomic E-state index is 0.0746. The molecule has 1 aliphatic rings. The van der Waals surface area contributed by atoms with Crippen molar-refractivity contribution in [3.8, 4) is 21.9 Å². The Morgan fingerprint density at radius 2 is 2.07 bits per heavy atom. The van der Waals surface area contributed by atoms with Crippen LogP contribution in [-0.4, -0.2) is 30.0 Å². The lowest BCUT2D eigenvalue weighted by Crippen LogP contribution is -2.25. The number of ether oxygens (including phenoxy) is 2. The molecule has 1 N–H and O–H groups in total. The third-order valence-corrected chi connectivity index (χ3v) is 5.50. The number of aromatic nitrogens is 1. The van der Waals surface area contributed by atoms with Crippen molar-refractivity contribution in [3.05, 3.63) is 64.8 Å². The highest BCUT2D eigenvalue weighted by Crippen LogP contribution is 2.40. The maximum Gasteiger partial charge on any atom is 0.362 e. The van der Waals surface area contributed by atoms with E-state index in [-0.39, 0.29) is 17.3 Å². The lowest BCUT2D eigenvalue weighted by molar-refractivity contribution is 0.0728. The van der Waals surface area contributed by atoms with Gasteiger partial charge < -0.3 is 14.8 Å². The fourth-order valence-electron chi connectivity index (χ4n) is 3.08. The number of hydrogen-bond acceptors (Lipinski definition) is 6. The molecule has 0 fully saturated rings. The van der Waals surface area contributed by atoms with Crippen LogP contribution in [0.25, 0.3) is 10.4 Å². The number of pyridine rings is 1. The predicted molar refractivity (Wildman–Crippen MR) is 111 cm³/mol. The first kappa shape index (κ1) is 19.1. The summed E-state index contributed by atoms with van der Waals surface area (Å²) in [5.74, 6) is 0.126. The molecule has 6 nitrogen and oxygen atoms in total. The average molecular weight is 408 g/mol. The lowest BCUT2D eigenvalue weighted by atomic mass is 10.1. The van der Waals surface area contributed by atoms with Gasteiger partial charge in [-0.25, -0.2) is 9.78 Å². The number of fused-ring (bicyclic) bond motifs is 3. The maximum atomic E-state index is 12.5.